The van der Waals surface area contributed by atoms with E-state index >= 15 is 0 Å². The standard InChI is InChI=1S/C15H16S/c1-15(12-16,13-8-4-2-5-9-13)14-10-6-3-7-11-14/h2-11,16H,12H2,1H3. The van der Waals surface area contributed by atoms with Crippen molar-refractivity contribution in [2.45, 2.75) is 12.3 Å². The lowest BCUT2D eigenvalue weighted by Gasteiger charge is -2.29. The first kappa shape index (κ1) is 11.3. The van der Waals surface area contributed by atoms with Gasteiger partial charge in [-0.25, -0.2) is 0 Å². The Balaban J connectivity index is 2.49. The third-order valence-corrected chi connectivity index (χ3v) is 3.77. The van der Waals surface area contributed by atoms with E-state index in [9.17, 15) is 0 Å². The molecule has 0 unspecified atom stereocenters. The first-order valence-electron chi connectivity index (χ1n) is 5.49. The van der Waals surface area contributed by atoms with Crippen LogP contribution in [-0.4, -0.2) is 5.75 Å². The van der Waals surface area contributed by atoms with Crippen LogP contribution in [0.1, 0.15) is 18.1 Å². The molecule has 0 aliphatic heterocycles. The molecule has 1 heteroatoms. The van der Waals surface area contributed by atoms with Gasteiger partial charge in [0.05, 0.1) is 0 Å². The number of hydrogen-bond acceptors (Lipinski definition) is 1. The summed E-state index contributed by atoms with van der Waals surface area (Å²) in [4.78, 5) is 0. The molecule has 82 valence electrons. The maximum Gasteiger partial charge on any atom is 0.0262 e. The van der Waals surface area contributed by atoms with Crippen molar-refractivity contribution in [1.82, 2.24) is 0 Å². The van der Waals surface area contributed by atoms with Gasteiger partial charge >= 0.3 is 0 Å². The summed E-state index contributed by atoms with van der Waals surface area (Å²) in [6.45, 7) is 2.24. The van der Waals surface area contributed by atoms with Crippen LogP contribution in [-0.2, 0) is 5.41 Å². The largest absolute Gasteiger partial charge is 0.178 e. The number of rotatable bonds is 3. The highest BCUT2D eigenvalue weighted by Gasteiger charge is 2.26. The summed E-state index contributed by atoms with van der Waals surface area (Å²) in [6.07, 6.45) is 0. The first-order chi connectivity index (χ1) is 7.77. The molecular weight excluding hydrogens is 212 g/mol. The summed E-state index contributed by atoms with van der Waals surface area (Å²) in [5.41, 5.74) is 2.62. The summed E-state index contributed by atoms with van der Waals surface area (Å²) in [6, 6.07) is 21.1. The average Bonchev–Trinajstić information content (AvgIpc) is 2.40. The molecule has 0 aliphatic rings. The maximum atomic E-state index is 4.52. The fraction of sp³-hybridized carbons (Fsp3) is 0.200. The van der Waals surface area contributed by atoms with Gasteiger partial charge in [-0.15, -0.1) is 0 Å². The van der Waals surface area contributed by atoms with E-state index in [0.29, 0.717) is 0 Å². The molecule has 0 N–H and O–H groups in total. The van der Waals surface area contributed by atoms with Gasteiger partial charge in [0.15, 0.2) is 0 Å². The molecule has 0 amide bonds. The van der Waals surface area contributed by atoms with Gasteiger partial charge in [-0.1, -0.05) is 67.6 Å². The summed E-state index contributed by atoms with van der Waals surface area (Å²) in [7, 11) is 0. The molecule has 0 heterocycles. The van der Waals surface area contributed by atoms with Gasteiger partial charge in [-0.05, 0) is 11.1 Å². The van der Waals surface area contributed by atoms with Crippen molar-refractivity contribution in [2.24, 2.45) is 0 Å². The first-order valence-corrected chi connectivity index (χ1v) is 6.12. The van der Waals surface area contributed by atoms with Crippen LogP contribution in [0.2, 0.25) is 0 Å². The Morgan fingerprint density at radius 3 is 1.50 bits per heavy atom. The van der Waals surface area contributed by atoms with E-state index in [1.165, 1.54) is 11.1 Å². The lowest BCUT2D eigenvalue weighted by atomic mass is 9.78. The minimum atomic E-state index is -0.00830. The van der Waals surface area contributed by atoms with Crippen LogP contribution >= 0.6 is 12.6 Å². The van der Waals surface area contributed by atoms with E-state index in [1.54, 1.807) is 0 Å². The summed E-state index contributed by atoms with van der Waals surface area (Å²) in [5.74, 6) is 0.807. The predicted octanol–water partition coefficient (Wildman–Crippen LogP) is 3.92. The molecule has 0 nitrogen and oxygen atoms in total. The number of hydrogen-bond donors (Lipinski definition) is 1. The van der Waals surface area contributed by atoms with E-state index in [4.69, 9.17) is 0 Å². The SMILES string of the molecule is CC(CS)(c1ccccc1)c1ccccc1. The van der Waals surface area contributed by atoms with E-state index < -0.39 is 0 Å². The highest BCUT2D eigenvalue weighted by Crippen LogP contribution is 2.32. The second-order valence-electron chi connectivity index (χ2n) is 4.22. The second kappa shape index (κ2) is 4.75. The number of benzene rings is 2. The van der Waals surface area contributed by atoms with Gasteiger partial charge in [0.1, 0.15) is 0 Å². The van der Waals surface area contributed by atoms with E-state index in [2.05, 4.69) is 68.1 Å². The fourth-order valence-electron chi connectivity index (χ4n) is 1.96. The molecule has 2 aromatic rings. The Hall–Kier alpha value is -1.21. The van der Waals surface area contributed by atoms with Gasteiger partial charge in [0.2, 0.25) is 0 Å². The molecule has 16 heavy (non-hydrogen) atoms. The van der Waals surface area contributed by atoms with Gasteiger partial charge in [0, 0.05) is 11.2 Å². The van der Waals surface area contributed by atoms with Crippen molar-refractivity contribution >= 4 is 12.6 Å². The van der Waals surface area contributed by atoms with Crippen molar-refractivity contribution in [3.8, 4) is 0 Å². The lowest BCUT2D eigenvalue weighted by molar-refractivity contribution is 0.655. The van der Waals surface area contributed by atoms with Crippen molar-refractivity contribution in [1.29, 1.82) is 0 Å². The maximum absolute atomic E-state index is 4.52. The van der Waals surface area contributed by atoms with E-state index in [1.807, 2.05) is 12.1 Å². The molecule has 0 aliphatic carbocycles. The average molecular weight is 228 g/mol. The topological polar surface area (TPSA) is 0 Å². The summed E-state index contributed by atoms with van der Waals surface area (Å²) in [5, 5.41) is 0. The molecule has 0 saturated heterocycles. The smallest absolute Gasteiger partial charge is 0.0262 e. The molecule has 0 atom stereocenters. The minimum Gasteiger partial charge on any atom is -0.178 e. The Kier molecular flexibility index (Phi) is 3.35. The Morgan fingerprint density at radius 1 is 0.812 bits per heavy atom. The van der Waals surface area contributed by atoms with Crippen LogP contribution in [0.25, 0.3) is 0 Å². The third kappa shape index (κ3) is 2.00. The highest BCUT2D eigenvalue weighted by atomic mass is 32.1. The summed E-state index contributed by atoms with van der Waals surface area (Å²) < 4.78 is 0. The lowest BCUT2D eigenvalue weighted by Crippen LogP contribution is -2.25. The van der Waals surface area contributed by atoms with Crippen LogP contribution in [0, 0.1) is 0 Å². The molecule has 2 rings (SSSR count). The predicted molar refractivity (Wildman–Crippen MR) is 73.2 cm³/mol. The summed E-state index contributed by atoms with van der Waals surface area (Å²) >= 11 is 4.52. The zero-order chi connectivity index (χ0) is 11.4. The fourth-order valence-corrected chi connectivity index (χ4v) is 2.33. The Labute approximate surface area is 103 Å². The van der Waals surface area contributed by atoms with Crippen molar-refractivity contribution in [3.63, 3.8) is 0 Å². The molecule has 0 aromatic heterocycles. The minimum absolute atomic E-state index is 0.00830. The Bertz CT molecular complexity index is 394. The van der Waals surface area contributed by atoms with E-state index in [-0.39, 0.29) is 5.41 Å². The molecular formula is C15H16S. The molecule has 0 bridgehead atoms. The van der Waals surface area contributed by atoms with Crippen molar-refractivity contribution < 1.29 is 0 Å². The van der Waals surface area contributed by atoms with Crippen LogP contribution in [0.3, 0.4) is 0 Å². The normalized spacial score (nSPS) is 11.4. The van der Waals surface area contributed by atoms with Crippen LogP contribution in [0.5, 0.6) is 0 Å². The second-order valence-corrected chi connectivity index (χ2v) is 4.54. The monoisotopic (exact) mass is 228 g/mol. The zero-order valence-electron chi connectivity index (χ0n) is 9.43. The number of thiol groups is 1. The van der Waals surface area contributed by atoms with Crippen LogP contribution < -0.4 is 0 Å². The van der Waals surface area contributed by atoms with E-state index in [0.717, 1.165) is 5.75 Å². The van der Waals surface area contributed by atoms with Crippen LogP contribution in [0.15, 0.2) is 60.7 Å². The zero-order valence-corrected chi connectivity index (χ0v) is 10.3. The van der Waals surface area contributed by atoms with Crippen LogP contribution in [0.4, 0.5) is 0 Å². The molecule has 0 spiro atoms. The van der Waals surface area contributed by atoms with Gasteiger partial charge in [-0.3, -0.25) is 0 Å². The van der Waals surface area contributed by atoms with Gasteiger partial charge in [0.25, 0.3) is 0 Å². The van der Waals surface area contributed by atoms with Crippen molar-refractivity contribution in [2.75, 3.05) is 5.75 Å². The third-order valence-electron chi connectivity index (χ3n) is 3.14. The molecule has 2 aromatic carbocycles. The highest BCUT2D eigenvalue weighted by molar-refractivity contribution is 7.80. The molecule has 0 radical (unpaired) electrons. The van der Waals surface area contributed by atoms with Gasteiger partial charge in [-0.2, -0.15) is 12.6 Å². The molecule has 0 fully saturated rings. The Morgan fingerprint density at radius 2 is 1.19 bits per heavy atom. The van der Waals surface area contributed by atoms with Crippen molar-refractivity contribution in [3.05, 3.63) is 71.8 Å². The molecule has 0 saturated carbocycles. The quantitative estimate of drug-likeness (QED) is 0.756. The van der Waals surface area contributed by atoms with Gasteiger partial charge < -0.3 is 0 Å².